The van der Waals surface area contributed by atoms with Crippen molar-refractivity contribution in [2.75, 3.05) is 51.7 Å². The van der Waals surface area contributed by atoms with Gasteiger partial charge in [0.2, 0.25) is 0 Å². The van der Waals surface area contributed by atoms with Crippen molar-refractivity contribution in [2.45, 2.75) is 62.9 Å². The van der Waals surface area contributed by atoms with Gasteiger partial charge >= 0.3 is 0 Å². The van der Waals surface area contributed by atoms with Crippen molar-refractivity contribution in [3.05, 3.63) is 53.6 Å². The third-order valence-electron chi connectivity index (χ3n) is 7.73. The van der Waals surface area contributed by atoms with Gasteiger partial charge in [-0.15, -0.1) is 0 Å². The van der Waals surface area contributed by atoms with E-state index in [9.17, 15) is 0 Å². The zero-order chi connectivity index (χ0) is 25.3. The van der Waals surface area contributed by atoms with E-state index < -0.39 is 0 Å². The van der Waals surface area contributed by atoms with Crippen molar-refractivity contribution >= 4 is 17.4 Å². The summed E-state index contributed by atoms with van der Waals surface area (Å²) in [6, 6.07) is 15.2. The summed E-state index contributed by atoms with van der Waals surface area (Å²) >= 11 is 1.98. The van der Waals surface area contributed by atoms with Gasteiger partial charge in [-0.25, -0.2) is 0 Å². The summed E-state index contributed by atoms with van der Waals surface area (Å²) in [6.07, 6.45) is 8.29. The molecule has 2 aromatic rings. The number of benzene rings is 2. The highest BCUT2D eigenvalue weighted by atomic mass is 32.2. The zero-order valence-corrected chi connectivity index (χ0v) is 23.2. The van der Waals surface area contributed by atoms with Crippen LogP contribution in [0.15, 0.2) is 42.5 Å². The Balaban J connectivity index is 1.45. The van der Waals surface area contributed by atoms with Crippen molar-refractivity contribution in [1.82, 2.24) is 0 Å². The molecule has 1 saturated carbocycles. The highest BCUT2D eigenvalue weighted by molar-refractivity contribution is 7.99. The number of nitrogens with zero attached hydrogens (tertiary/aromatic N) is 1. The SMILES string of the molecule is COCCCN1CCOc2ccc(CO[C@H]3CC[C@@H](C[C@H](C)SC)C[C@@H]3c3ccc(OC)cc3)cc21. The van der Waals surface area contributed by atoms with E-state index in [4.69, 9.17) is 18.9 Å². The molecule has 0 aromatic heterocycles. The van der Waals surface area contributed by atoms with E-state index in [1.807, 2.05) is 11.8 Å². The van der Waals surface area contributed by atoms with Crippen molar-refractivity contribution in [3.8, 4) is 11.5 Å². The van der Waals surface area contributed by atoms with E-state index in [-0.39, 0.29) is 6.10 Å². The predicted molar refractivity (Wildman–Crippen MR) is 150 cm³/mol. The summed E-state index contributed by atoms with van der Waals surface area (Å²) in [6.45, 7) is 6.39. The Morgan fingerprint density at radius 2 is 1.94 bits per heavy atom. The molecule has 0 radical (unpaired) electrons. The second-order valence-electron chi connectivity index (χ2n) is 10.2. The minimum atomic E-state index is 0.226. The molecule has 1 aliphatic carbocycles. The molecule has 0 amide bonds. The summed E-state index contributed by atoms with van der Waals surface area (Å²) in [4.78, 5) is 2.42. The van der Waals surface area contributed by atoms with Gasteiger partial charge in [-0.1, -0.05) is 25.1 Å². The van der Waals surface area contributed by atoms with Gasteiger partial charge in [0.1, 0.15) is 18.1 Å². The molecule has 2 aliphatic rings. The van der Waals surface area contributed by atoms with Crippen LogP contribution in [0, 0.1) is 5.92 Å². The molecule has 1 heterocycles. The van der Waals surface area contributed by atoms with Crippen LogP contribution in [0.25, 0.3) is 0 Å². The molecule has 0 N–H and O–H groups in total. The number of ether oxygens (including phenoxy) is 4. The van der Waals surface area contributed by atoms with Gasteiger partial charge in [-0.05, 0) is 79.7 Å². The third kappa shape index (κ3) is 7.11. The first kappa shape index (κ1) is 27.2. The van der Waals surface area contributed by atoms with Crippen molar-refractivity contribution < 1.29 is 18.9 Å². The molecule has 0 bridgehead atoms. The van der Waals surface area contributed by atoms with Crippen LogP contribution in [-0.2, 0) is 16.1 Å². The quantitative estimate of drug-likeness (QED) is 0.300. The first-order valence-electron chi connectivity index (χ1n) is 13.4. The first-order chi connectivity index (χ1) is 17.6. The molecule has 4 rings (SSSR count). The Labute approximate surface area is 221 Å². The van der Waals surface area contributed by atoms with Crippen molar-refractivity contribution in [3.63, 3.8) is 0 Å². The third-order valence-corrected chi connectivity index (χ3v) is 8.73. The molecule has 2 aromatic carbocycles. The lowest BCUT2D eigenvalue weighted by molar-refractivity contribution is -0.00924. The maximum absolute atomic E-state index is 6.68. The minimum Gasteiger partial charge on any atom is -0.497 e. The molecule has 1 aliphatic heterocycles. The monoisotopic (exact) mass is 513 g/mol. The summed E-state index contributed by atoms with van der Waals surface area (Å²) in [5, 5.41) is 0.702. The van der Waals surface area contributed by atoms with Crippen LogP contribution in [0.3, 0.4) is 0 Å². The second-order valence-corrected chi connectivity index (χ2v) is 11.5. The van der Waals surface area contributed by atoms with Crippen LogP contribution < -0.4 is 14.4 Å². The molecular weight excluding hydrogens is 470 g/mol. The maximum atomic E-state index is 6.68. The van der Waals surface area contributed by atoms with Crippen LogP contribution >= 0.6 is 11.8 Å². The number of rotatable bonds is 12. The molecule has 36 heavy (non-hydrogen) atoms. The second kappa shape index (κ2) is 13.6. The van der Waals surface area contributed by atoms with E-state index in [1.54, 1.807) is 14.2 Å². The van der Waals surface area contributed by atoms with Crippen LogP contribution in [0.4, 0.5) is 5.69 Å². The van der Waals surface area contributed by atoms with E-state index in [1.165, 1.54) is 36.1 Å². The number of methoxy groups -OCH3 is 2. The number of anilines is 1. The molecule has 0 unspecified atom stereocenters. The smallest absolute Gasteiger partial charge is 0.142 e. The molecule has 0 saturated heterocycles. The van der Waals surface area contributed by atoms with Crippen LogP contribution in [0.2, 0.25) is 0 Å². The van der Waals surface area contributed by atoms with E-state index in [0.717, 1.165) is 56.6 Å². The Morgan fingerprint density at radius 3 is 2.69 bits per heavy atom. The highest BCUT2D eigenvalue weighted by Crippen LogP contribution is 2.42. The van der Waals surface area contributed by atoms with Crippen LogP contribution in [0.1, 0.15) is 56.1 Å². The molecule has 198 valence electrons. The largest absolute Gasteiger partial charge is 0.497 e. The lowest BCUT2D eigenvalue weighted by atomic mass is 9.74. The van der Waals surface area contributed by atoms with E-state index >= 15 is 0 Å². The fourth-order valence-corrected chi connectivity index (χ4v) is 6.12. The Hall–Kier alpha value is -1.89. The number of hydrogen-bond donors (Lipinski definition) is 0. The lowest BCUT2D eigenvalue weighted by Gasteiger charge is -2.37. The topological polar surface area (TPSA) is 40.2 Å². The standard InChI is InChI=1S/C30H43NO4S/c1-22(36-4)18-23-6-12-29(27(19-23)25-8-10-26(33-3)11-9-25)35-21-24-7-13-30-28(20-24)31(15-17-34-30)14-5-16-32-2/h7-11,13,20,22-23,27,29H,5-6,12,14-19,21H2,1-4H3/t22-,23-,27+,29-/m0/s1. The summed E-state index contributed by atoms with van der Waals surface area (Å²) in [5.41, 5.74) is 3.76. The van der Waals surface area contributed by atoms with Gasteiger partial charge in [0.15, 0.2) is 0 Å². The highest BCUT2D eigenvalue weighted by Gasteiger charge is 2.33. The molecular formula is C30H43NO4S. The predicted octanol–water partition coefficient (Wildman–Crippen LogP) is 6.54. The fourth-order valence-electron chi connectivity index (χ4n) is 5.65. The normalized spacial score (nSPS) is 22.6. The summed E-state index contributed by atoms with van der Waals surface area (Å²) in [5.74, 6) is 3.05. The number of fused-ring (bicyclic) bond motifs is 1. The molecule has 0 spiro atoms. The van der Waals surface area contributed by atoms with Gasteiger partial charge in [-0.2, -0.15) is 11.8 Å². The van der Waals surface area contributed by atoms with Crippen molar-refractivity contribution in [2.24, 2.45) is 5.92 Å². The zero-order valence-electron chi connectivity index (χ0n) is 22.4. The van der Waals surface area contributed by atoms with Gasteiger partial charge in [-0.3, -0.25) is 0 Å². The van der Waals surface area contributed by atoms with Gasteiger partial charge < -0.3 is 23.8 Å². The summed E-state index contributed by atoms with van der Waals surface area (Å²) < 4.78 is 23.3. The number of thioether (sulfide) groups is 1. The average Bonchev–Trinajstić information content (AvgIpc) is 2.92. The molecule has 5 nitrogen and oxygen atoms in total. The van der Waals surface area contributed by atoms with Gasteiger partial charge in [0, 0.05) is 31.4 Å². The fraction of sp³-hybridized carbons (Fsp3) is 0.600. The van der Waals surface area contributed by atoms with Crippen molar-refractivity contribution in [1.29, 1.82) is 0 Å². The first-order valence-corrected chi connectivity index (χ1v) is 14.7. The lowest BCUT2D eigenvalue weighted by Crippen LogP contribution is -2.34. The summed E-state index contributed by atoms with van der Waals surface area (Å²) in [7, 11) is 3.49. The van der Waals surface area contributed by atoms with Gasteiger partial charge in [0.25, 0.3) is 0 Å². The Bertz CT molecular complexity index is 937. The average molecular weight is 514 g/mol. The van der Waals surface area contributed by atoms with Gasteiger partial charge in [0.05, 0.1) is 32.1 Å². The van der Waals surface area contributed by atoms with Crippen LogP contribution in [-0.4, -0.2) is 58.1 Å². The maximum Gasteiger partial charge on any atom is 0.142 e. The number of hydrogen-bond acceptors (Lipinski definition) is 6. The molecule has 1 fully saturated rings. The Kier molecular flexibility index (Phi) is 10.3. The van der Waals surface area contributed by atoms with Crippen LogP contribution in [0.5, 0.6) is 11.5 Å². The minimum absolute atomic E-state index is 0.226. The molecule has 6 heteroatoms. The van der Waals surface area contributed by atoms with E-state index in [0.29, 0.717) is 17.8 Å². The Morgan fingerprint density at radius 1 is 1.11 bits per heavy atom. The van der Waals surface area contributed by atoms with E-state index in [2.05, 4.69) is 60.5 Å². The molecule has 4 atom stereocenters.